The molecule has 0 fully saturated rings. The molecule has 0 heterocycles. The highest BCUT2D eigenvalue weighted by Crippen LogP contribution is 2.32. The number of hydrogen-bond acceptors (Lipinski definition) is 4. The maximum atomic E-state index is 14.3. The second kappa shape index (κ2) is 6.56. The van der Waals surface area contributed by atoms with Gasteiger partial charge < -0.3 is 9.47 Å². The first-order valence-electron chi connectivity index (χ1n) is 6.54. The van der Waals surface area contributed by atoms with Gasteiger partial charge >= 0.3 is 0 Å². The molecule has 2 aromatic carbocycles. The van der Waals surface area contributed by atoms with Crippen molar-refractivity contribution >= 4 is 0 Å². The summed E-state index contributed by atoms with van der Waals surface area (Å²) >= 11 is 0. The van der Waals surface area contributed by atoms with Gasteiger partial charge in [0.25, 0.3) is 0 Å². The predicted molar refractivity (Wildman–Crippen MR) is 79.8 cm³/mol. The zero-order valence-electron chi connectivity index (χ0n) is 12.3. The van der Waals surface area contributed by atoms with Crippen molar-refractivity contribution in [1.29, 1.82) is 0 Å². The van der Waals surface area contributed by atoms with Crippen LogP contribution in [0, 0.1) is 12.7 Å². The van der Waals surface area contributed by atoms with E-state index in [0.717, 1.165) is 11.1 Å². The number of aryl methyl sites for hydroxylation is 1. The Bertz CT molecular complexity index is 632. The van der Waals surface area contributed by atoms with Gasteiger partial charge in [0.05, 0.1) is 20.3 Å². The highest BCUT2D eigenvalue weighted by atomic mass is 19.1. The Kier molecular flexibility index (Phi) is 4.77. The molecule has 112 valence electrons. The second-order valence-electron chi connectivity index (χ2n) is 4.73. The largest absolute Gasteiger partial charge is 0.497 e. The number of hydrazine groups is 1. The zero-order chi connectivity index (χ0) is 15.4. The molecule has 1 atom stereocenters. The summed E-state index contributed by atoms with van der Waals surface area (Å²) < 4.78 is 24.6. The van der Waals surface area contributed by atoms with Crippen LogP contribution in [-0.2, 0) is 0 Å². The lowest BCUT2D eigenvalue weighted by molar-refractivity contribution is 0.401. The van der Waals surface area contributed by atoms with Gasteiger partial charge in [0.15, 0.2) is 0 Å². The number of nitrogens with one attached hydrogen (secondary N) is 1. The summed E-state index contributed by atoms with van der Waals surface area (Å²) in [5.41, 5.74) is 4.91. The summed E-state index contributed by atoms with van der Waals surface area (Å²) in [6, 6.07) is 9.88. The van der Waals surface area contributed by atoms with Crippen LogP contribution in [0.2, 0.25) is 0 Å². The third-order valence-electron chi connectivity index (χ3n) is 3.38. The normalized spacial score (nSPS) is 12.0. The zero-order valence-corrected chi connectivity index (χ0v) is 12.3. The van der Waals surface area contributed by atoms with Gasteiger partial charge in [0.2, 0.25) is 0 Å². The van der Waals surface area contributed by atoms with E-state index in [1.807, 2.05) is 25.1 Å². The Labute approximate surface area is 123 Å². The van der Waals surface area contributed by atoms with Crippen LogP contribution in [-0.4, -0.2) is 14.2 Å². The lowest BCUT2D eigenvalue weighted by Gasteiger charge is -2.21. The predicted octanol–water partition coefficient (Wildman–Crippen LogP) is 2.70. The highest BCUT2D eigenvalue weighted by Gasteiger charge is 2.20. The number of ether oxygens (including phenoxy) is 2. The van der Waals surface area contributed by atoms with E-state index in [2.05, 4.69) is 5.43 Å². The molecule has 2 rings (SSSR count). The van der Waals surface area contributed by atoms with Gasteiger partial charge in [-0.1, -0.05) is 23.8 Å². The van der Waals surface area contributed by atoms with Gasteiger partial charge in [-0.25, -0.2) is 9.82 Å². The Hall–Kier alpha value is -2.11. The topological polar surface area (TPSA) is 56.5 Å². The van der Waals surface area contributed by atoms with Gasteiger partial charge in [-0.05, 0) is 19.1 Å². The van der Waals surface area contributed by atoms with E-state index in [4.69, 9.17) is 15.3 Å². The van der Waals surface area contributed by atoms with Gasteiger partial charge in [0.1, 0.15) is 17.3 Å². The summed E-state index contributed by atoms with van der Waals surface area (Å²) in [6.07, 6.45) is 0. The fraction of sp³-hybridized carbons (Fsp3) is 0.250. The molecule has 0 radical (unpaired) electrons. The molecule has 0 aliphatic carbocycles. The van der Waals surface area contributed by atoms with Crippen molar-refractivity contribution in [3.05, 3.63) is 58.9 Å². The molecule has 0 saturated carbocycles. The van der Waals surface area contributed by atoms with Crippen LogP contribution in [0.15, 0.2) is 36.4 Å². The van der Waals surface area contributed by atoms with Gasteiger partial charge in [-0.15, -0.1) is 0 Å². The maximum Gasteiger partial charge on any atom is 0.132 e. The Morgan fingerprint density at radius 3 is 2.38 bits per heavy atom. The van der Waals surface area contributed by atoms with Crippen molar-refractivity contribution in [3.8, 4) is 11.5 Å². The molecule has 3 N–H and O–H groups in total. The lowest BCUT2D eigenvalue weighted by atomic mass is 9.96. The van der Waals surface area contributed by atoms with Gasteiger partial charge in [0, 0.05) is 17.2 Å². The molecule has 5 heteroatoms. The first kappa shape index (κ1) is 15.3. The van der Waals surface area contributed by atoms with E-state index in [0.29, 0.717) is 17.1 Å². The maximum absolute atomic E-state index is 14.3. The average molecular weight is 290 g/mol. The molecule has 0 aromatic heterocycles. The van der Waals surface area contributed by atoms with Crippen LogP contribution < -0.4 is 20.7 Å². The Balaban J connectivity index is 2.51. The number of nitrogens with two attached hydrogens (primary N) is 1. The monoisotopic (exact) mass is 290 g/mol. The van der Waals surface area contributed by atoms with Crippen molar-refractivity contribution in [2.45, 2.75) is 13.0 Å². The Morgan fingerprint density at radius 1 is 1.05 bits per heavy atom. The first-order chi connectivity index (χ1) is 10.1. The molecule has 0 aliphatic heterocycles. The van der Waals surface area contributed by atoms with E-state index in [9.17, 15) is 4.39 Å². The average Bonchev–Trinajstić information content (AvgIpc) is 2.49. The van der Waals surface area contributed by atoms with E-state index < -0.39 is 6.04 Å². The van der Waals surface area contributed by atoms with E-state index >= 15 is 0 Å². The minimum atomic E-state index is -0.509. The van der Waals surface area contributed by atoms with Crippen LogP contribution in [0.3, 0.4) is 0 Å². The number of rotatable bonds is 5. The van der Waals surface area contributed by atoms with Crippen molar-refractivity contribution in [2.75, 3.05) is 14.2 Å². The van der Waals surface area contributed by atoms with E-state index in [1.54, 1.807) is 19.2 Å². The minimum Gasteiger partial charge on any atom is -0.497 e. The SMILES string of the molecule is COc1ccc(C(NN)c2cc(C)ccc2OC)c(F)c1. The number of benzene rings is 2. The lowest BCUT2D eigenvalue weighted by Crippen LogP contribution is -2.30. The number of methoxy groups -OCH3 is 2. The first-order valence-corrected chi connectivity index (χ1v) is 6.54. The molecular formula is C16H19FN2O2. The third-order valence-corrected chi connectivity index (χ3v) is 3.38. The third kappa shape index (κ3) is 3.15. The molecule has 0 aliphatic rings. The highest BCUT2D eigenvalue weighted by molar-refractivity contribution is 5.45. The van der Waals surface area contributed by atoms with Crippen molar-refractivity contribution < 1.29 is 13.9 Å². The molecule has 1 unspecified atom stereocenters. The van der Waals surface area contributed by atoms with Crippen LogP contribution >= 0.6 is 0 Å². The molecule has 0 saturated heterocycles. The molecule has 0 spiro atoms. The summed E-state index contributed by atoms with van der Waals surface area (Å²) in [4.78, 5) is 0. The molecular weight excluding hydrogens is 271 g/mol. The summed E-state index contributed by atoms with van der Waals surface area (Å²) in [5, 5.41) is 0. The quantitative estimate of drug-likeness (QED) is 0.656. The fourth-order valence-corrected chi connectivity index (χ4v) is 2.30. The molecule has 0 amide bonds. The van der Waals surface area contributed by atoms with Crippen molar-refractivity contribution in [1.82, 2.24) is 5.43 Å². The van der Waals surface area contributed by atoms with Crippen LogP contribution in [0.1, 0.15) is 22.7 Å². The van der Waals surface area contributed by atoms with Crippen LogP contribution in [0.4, 0.5) is 4.39 Å². The molecule has 0 bridgehead atoms. The summed E-state index contributed by atoms with van der Waals surface area (Å²) in [5.74, 6) is 6.37. The summed E-state index contributed by atoms with van der Waals surface area (Å²) in [6.45, 7) is 1.96. The second-order valence-corrected chi connectivity index (χ2v) is 4.73. The fourth-order valence-electron chi connectivity index (χ4n) is 2.30. The van der Waals surface area contributed by atoms with Crippen molar-refractivity contribution in [3.63, 3.8) is 0 Å². The van der Waals surface area contributed by atoms with E-state index in [1.165, 1.54) is 13.2 Å². The number of hydrogen-bond donors (Lipinski definition) is 2. The van der Waals surface area contributed by atoms with Gasteiger partial charge in [-0.3, -0.25) is 5.84 Å². The molecule has 21 heavy (non-hydrogen) atoms. The summed E-state index contributed by atoms with van der Waals surface area (Å²) in [7, 11) is 3.07. The van der Waals surface area contributed by atoms with Gasteiger partial charge in [-0.2, -0.15) is 0 Å². The van der Waals surface area contributed by atoms with Crippen LogP contribution in [0.25, 0.3) is 0 Å². The molecule has 2 aromatic rings. The molecule has 4 nitrogen and oxygen atoms in total. The van der Waals surface area contributed by atoms with E-state index in [-0.39, 0.29) is 5.82 Å². The standard InChI is InChI=1S/C16H19FN2O2/c1-10-4-7-15(21-3)13(8-10)16(19-18)12-6-5-11(20-2)9-14(12)17/h4-9,16,19H,18H2,1-3H3. The smallest absolute Gasteiger partial charge is 0.132 e. The minimum absolute atomic E-state index is 0.388. The van der Waals surface area contributed by atoms with Crippen LogP contribution in [0.5, 0.6) is 11.5 Å². The van der Waals surface area contributed by atoms with Crippen molar-refractivity contribution in [2.24, 2.45) is 5.84 Å². The number of halogens is 1. The Morgan fingerprint density at radius 2 is 1.81 bits per heavy atom.